The second kappa shape index (κ2) is 6.38. The summed E-state index contributed by atoms with van der Waals surface area (Å²) in [6, 6.07) is 0.295. The van der Waals surface area contributed by atoms with Crippen molar-refractivity contribution < 1.29 is 4.79 Å². The van der Waals surface area contributed by atoms with Crippen LogP contribution >= 0.6 is 23.1 Å². The number of nitrogens with zero attached hydrogens (tertiary/aromatic N) is 2. The highest BCUT2D eigenvalue weighted by atomic mass is 32.2. The molecule has 5 nitrogen and oxygen atoms in total. The molecule has 0 saturated heterocycles. The van der Waals surface area contributed by atoms with E-state index in [4.69, 9.17) is 0 Å². The van der Waals surface area contributed by atoms with Crippen LogP contribution in [0.5, 0.6) is 0 Å². The molecule has 18 heavy (non-hydrogen) atoms. The molecule has 1 aromatic heterocycles. The minimum atomic E-state index is -0.0962. The number of aromatic nitrogens is 2. The van der Waals surface area contributed by atoms with Gasteiger partial charge in [-0.3, -0.25) is 4.79 Å². The zero-order valence-electron chi connectivity index (χ0n) is 10.6. The van der Waals surface area contributed by atoms with E-state index in [1.54, 1.807) is 7.05 Å². The zero-order chi connectivity index (χ0) is 13.0. The minimum absolute atomic E-state index is 0.0962. The van der Waals surface area contributed by atoms with Gasteiger partial charge < -0.3 is 10.6 Å². The lowest BCUT2D eigenvalue weighted by molar-refractivity contribution is 0.0937. The number of hydrogen-bond donors (Lipinski definition) is 2. The molecule has 0 radical (unpaired) electrons. The summed E-state index contributed by atoms with van der Waals surface area (Å²) in [5, 5.41) is 15.5. The van der Waals surface area contributed by atoms with Gasteiger partial charge in [0, 0.05) is 18.3 Å². The molecule has 2 rings (SSSR count). The SMILES string of the molecule is CCSC1CCC(NC(=O)c2nnc(NC)s2)C1. The third kappa shape index (κ3) is 3.35. The molecule has 0 aromatic carbocycles. The summed E-state index contributed by atoms with van der Waals surface area (Å²) in [6.07, 6.45) is 3.34. The predicted octanol–water partition coefficient (Wildman–Crippen LogP) is 1.98. The molecule has 7 heteroatoms. The van der Waals surface area contributed by atoms with Gasteiger partial charge >= 0.3 is 0 Å². The third-order valence-electron chi connectivity index (χ3n) is 2.96. The molecule has 2 N–H and O–H groups in total. The van der Waals surface area contributed by atoms with Crippen molar-refractivity contribution in [3.05, 3.63) is 5.01 Å². The third-order valence-corrected chi connectivity index (χ3v) is 5.13. The number of rotatable bonds is 5. The topological polar surface area (TPSA) is 66.9 Å². The molecule has 2 unspecified atom stereocenters. The van der Waals surface area contributed by atoms with Crippen LogP contribution in [0, 0.1) is 0 Å². The average Bonchev–Trinajstić information content (AvgIpc) is 2.98. The Morgan fingerprint density at radius 2 is 2.33 bits per heavy atom. The molecule has 1 fully saturated rings. The van der Waals surface area contributed by atoms with E-state index in [-0.39, 0.29) is 5.91 Å². The van der Waals surface area contributed by atoms with Crippen molar-refractivity contribution in [1.29, 1.82) is 0 Å². The first-order chi connectivity index (χ1) is 8.72. The monoisotopic (exact) mass is 286 g/mol. The van der Waals surface area contributed by atoms with Gasteiger partial charge in [-0.2, -0.15) is 11.8 Å². The van der Waals surface area contributed by atoms with Crippen LogP contribution in [-0.4, -0.2) is 40.2 Å². The van der Waals surface area contributed by atoms with Crippen LogP contribution in [0.1, 0.15) is 36.0 Å². The van der Waals surface area contributed by atoms with Gasteiger partial charge in [0.15, 0.2) is 0 Å². The summed E-state index contributed by atoms with van der Waals surface area (Å²) in [6.45, 7) is 2.18. The standard InChI is InChI=1S/C11H18N4OS2/c1-3-17-8-5-4-7(6-8)13-9(16)10-14-15-11(12-2)18-10/h7-8H,3-6H2,1-2H3,(H,12,15)(H,13,16). The van der Waals surface area contributed by atoms with Crippen LogP contribution in [0.2, 0.25) is 0 Å². The van der Waals surface area contributed by atoms with E-state index >= 15 is 0 Å². The maximum absolute atomic E-state index is 12.0. The molecule has 1 heterocycles. The molecule has 1 amide bonds. The van der Waals surface area contributed by atoms with E-state index in [1.165, 1.54) is 17.8 Å². The van der Waals surface area contributed by atoms with Gasteiger partial charge in [-0.05, 0) is 25.0 Å². The van der Waals surface area contributed by atoms with Crippen molar-refractivity contribution in [3.8, 4) is 0 Å². The number of amides is 1. The highest BCUT2D eigenvalue weighted by Crippen LogP contribution is 2.29. The Morgan fingerprint density at radius 1 is 1.50 bits per heavy atom. The van der Waals surface area contributed by atoms with E-state index in [1.807, 2.05) is 11.8 Å². The number of anilines is 1. The average molecular weight is 286 g/mol. The lowest BCUT2D eigenvalue weighted by Gasteiger charge is -2.11. The molecule has 1 saturated carbocycles. The van der Waals surface area contributed by atoms with Gasteiger partial charge in [-0.25, -0.2) is 0 Å². The van der Waals surface area contributed by atoms with Crippen molar-refractivity contribution in [2.24, 2.45) is 0 Å². The summed E-state index contributed by atoms with van der Waals surface area (Å²) in [5.41, 5.74) is 0. The number of thioether (sulfide) groups is 1. The maximum atomic E-state index is 12.0. The molecule has 1 aromatic rings. The molecule has 100 valence electrons. The molecule has 1 aliphatic carbocycles. The normalized spacial score (nSPS) is 23.0. The number of hydrogen-bond acceptors (Lipinski definition) is 6. The summed E-state index contributed by atoms with van der Waals surface area (Å²) in [4.78, 5) is 12.0. The first kappa shape index (κ1) is 13.6. The second-order valence-corrected chi connectivity index (χ2v) is 6.78. The lowest BCUT2D eigenvalue weighted by Crippen LogP contribution is -2.33. The maximum Gasteiger partial charge on any atom is 0.282 e. The van der Waals surface area contributed by atoms with E-state index in [2.05, 4.69) is 27.8 Å². The smallest absolute Gasteiger partial charge is 0.282 e. The summed E-state index contributed by atoms with van der Waals surface area (Å²) >= 11 is 3.27. The Labute approximate surface area is 115 Å². The van der Waals surface area contributed by atoms with Crippen molar-refractivity contribution in [2.45, 2.75) is 37.5 Å². The van der Waals surface area contributed by atoms with Crippen LogP contribution in [-0.2, 0) is 0 Å². The first-order valence-corrected chi connectivity index (χ1v) is 8.03. The minimum Gasteiger partial charge on any atom is -0.363 e. The molecular formula is C11H18N4OS2. The van der Waals surface area contributed by atoms with Crippen LogP contribution in [0.25, 0.3) is 0 Å². The largest absolute Gasteiger partial charge is 0.363 e. The summed E-state index contributed by atoms with van der Waals surface area (Å²) in [5.74, 6) is 1.05. The van der Waals surface area contributed by atoms with Crippen LogP contribution in [0.3, 0.4) is 0 Å². The molecular weight excluding hydrogens is 268 g/mol. The molecule has 0 spiro atoms. The van der Waals surface area contributed by atoms with E-state index in [0.717, 1.165) is 18.6 Å². The predicted molar refractivity (Wildman–Crippen MR) is 76.5 cm³/mol. The molecule has 2 atom stereocenters. The number of carbonyl (C=O) groups excluding carboxylic acids is 1. The zero-order valence-corrected chi connectivity index (χ0v) is 12.2. The Hall–Kier alpha value is -0.820. The second-order valence-electron chi connectivity index (χ2n) is 4.22. The van der Waals surface area contributed by atoms with Crippen molar-refractivity contribution in [3.63, 3.8) is 0 Å². The molecule has 0 aliphatic heterocycles. The van der Waals surface area contributed by atoms with Gasteiger partial charge in [0.1, 0.15) is 0 Å². The van der Waals surface area contributed by atoms with Crippen molar-refractivity contribution in [2.75, 3.05) is 18.1 Å². The van der Waals surface area contributed by atoms with Crippen molar-refractivity contribution in [1.82, 2.24) is 15.5 Å². The molecule has 1 aliphatic rings. The van der Waals surface area contributed by atoms with Gasteiger partial charge in [0.05, 0.1) is 0 Å². The fourth-order valence-corrected chi connectivity index (χ4v) is 3.86. The van der Waals surface area contributed by atoms with Gasteiger partial charge in [0.25, 0.3) is 5.91 Å². The van der Waals surface area contributed by atoms with Crippen LogP contribution < -0.4 is 10.6 Å². The van der Waals surface area contributed by atoms with Gasteiger partial charge in [-0.15, -0.1) is 10.2 Å². The Kier molecular flexibility index (Phi) is 4.82. The van der Waals surface area contributed by atoms with Crippen molar-refractivity contribution >= 4 is 34.1 Å². The number of nitrogens with one attached hydrogen (secondary N) is 2. The van der Waals surface area contributed by atoms with E-state index < -0.39 is 0 Å². The Morgan fingerprint density at radius 3 is 3.00 bits per heavy atom. The fraction of sp³-hybridized carbons (Fsp3) is 0.727. The number of carbonyl (C=O) groups is 1. The first-order valence-electron chi connectivity index (χ1n) is 6.16. The lowest BCUT2D eigenvalue weighted by atomic mass is 10.2. The van der Waals surface area contributed by atoms with E-state index in [9.17, 15) is 4.79 Å². The Bertz CT molecular complexity index is 410. The van der Waals surface area contributed by atoms with Gasteiger partial charge in [0.2, 0.25) is 10.1 Å². The van der Waals surface area contributed by atoms with Crippen LogP contribution in [0.4, 0.5) is 5.13 Å². The highest BCUT2D eigenvalue weighted by Gasteiger charge is 2.26. The van der Waals surface area contributed by atoms with Crippen LogP contribution in [0.15, 0.2) is 0 Å². The highest BCUT2D eigenvalue weighted by molar-refractivity contribution is 7.99. The Balaban J connectivity index is 1.84. The summed E-state index contributed by atoms with van der Waals surface area (Å²) < 4.78 is 0. The quantitative estimate of drug-likeness (QED) is 0.866. The molecule has 0 bridgehead atoms. The fourth-order valence-electron chi connectivity index (χ4n) is 2.12. The summed E-state index contributed by atoms with van der Waals surface area (Å²) in [7, 11) is 1.77. The van der Waals surface area contributed by atoms with Gasteiger partial charge in [-0.1, -0.05) is 18.3 Å². The van der Waals surface area contributed by atoms with E-state index in [0.29, 0.717) is 21.4 Å².